The Bertz CT molecular complexity index is 356. The number of hydrogen-bond donors (Lipinski definition) is 3. The highest BCUT2D eigenvalue weighted by Crippen LogP contribution is 2.22. The van der Waals surface area contributed by atoms with Crippen molar-refractivity contribution in [2.75, 3.05) is 13.1 Å². The van der Waals surface area contributed by atoms with E-state index in [0.29, 0.717) is 6.41 Å². The van der Waals surface area contributed by atoms with E-state index in [4.69, 9.17) is 0 Å². The number of rotatable bonds is 5. The van der Waals surface area contributed by atoms with Crippen molar-refractivity contribution in [2.24, 2.45) is 0 Å². The Morgan fingerprint density at radius 3 is 2.72 bits per heavy atom. The van der Waals surface area contributed by atoms with Crippen molar-refractivity contribution >= 4 is 18.2 Å². The van der Waals surface area contributed by atoms with Crippen molar-refractivity contribution in [1.82, 2.24) is 15.5 Å². The molecule has 1 saturated heterocycles. The van der Waals surface area contributed by atoms with Crippen LogP contribution >= 0.6 is 0 Å². The third-order valence-corrected chi connectivity index (χ3v) is 3.16. The molecule has 1 aliphatic carbocycles. The number of amides is 3. The molecule has 1 aliphatic heterocycles. The van der Waals surface area contributed by atoms with Crippen LogP contribution < -0.4 is 10.6 Å². The van der Waals surface area contributed by atoms with Crippen LogP contribution in [0.4, 0.5) is 0 Å². The van der Waals surface area contributed by atoms with Gasteiger partial charge in [0.15, 0.2) is 0 Å². The first-order chi connectivity index (χ1) is 8.61. The summed E-state index contributed by atoms with van der Waals surface area (Å²) in [6.45, 7) is -0.00838. The van der Waals surface area contributed by atoms with Gasteiger partial charge in [0.05, 0.1) is 12.6 Å². The third-order valence-electron chi connectivity index (χ3n) is 3.16. The van der Waals surface area contributed by atoms with E-state index in [9.17, 15) is 19.5 Å². The van der Waals surface area contributed by atoms with Crippen LogP contribution in [0.3, 0.4) is 0 Å². The minimum atomic E-state index is -0.680. The van der Waals surface area contributed by atoms with Crippen LogP contribution in [0.1, 0.15) is 19.3 Å². The van der Waals surface area contributed by atoms with Gasteiger partial charge in [-0.3, -0.25) is 14.4 Å². The van der Waals surface area contributed by atoms with Gasteiger partial charge in [0.1, 0.15) is 6.04 Å². The summed E-state index contributed by atoms with van der Waals surface area (Å²) in [5, 5.41) is 14.7. The van der Waals surface area contributed by atoms with E-state index in [1.807, 2.05) is 0 Å². The lowest BCUT2D eigenvalue weighted by Gasteiger charge is -2.23. The number of carbonyl (C=O) groups is 3. The van der Waals surface area contributed by atoms with Gasteiger partial charge in [-0.25, -0.2) is 0 Å². The van der Waals surface area contributed by atoms with Gasteiger partial charge in [-0.15, -0.1) is 0 Å². The standard InChI is InChI=1S/C11H17N3O4/c15-6-12-4-10(17)14-5-8(16)3-9(14)11(18)13-7-1-2-7/h6-9,16H,1-5H2,(H,12,15)(H,13,18)/t8-,9-/m0/s1. The predicted molar refractivity (Wildman–Crippen MR) is 61.4 cm³/mol. The maximum atomic E-state index is 11.9. The van der Waals surface area contributed by atoms with Gasteiger partial charge < -0.3 is 20.6 Å². The van der Waals surface area contributed by atoms with Crippen molar-refractivity contribution in [3.63, 3.8) is 0 Å². The number of β-amino-alcohol motifs (C(OH)–C–C–N with tert-alkyl or cyclic N) is 1. The zero-order valence-electron chi connectivity index (χ0n) is 9.96. The number of carbonyl (C=O) groups excluding carboxylic acids is 3. The minimum absolute atomic E-state index is 0.141. The highest BCUT2D eigenvalue weighted by atomic mass is 16.3. The molecule has 1 heterocycles. The summed E-state index contributed by atoms with van der Waals surface area (Å²) in [5.41, 5.74) is 0. The molecule has 2 rings (SSSR count). The molecule has 0 aromatic carbocycles. The molecule has 7 nitrogen and oxygen atoms in total. The summed E-state index contributed by atoms with van der Waals surface area (Å²) in [6.07, 6.45) is 1.96. The predicted octanol–water partition coefficient (Wildman–Crippen LogP) is -2.03. The Balaban J connectivity index is 1.94. The molecule has 0 bridgehead atoms. The van der Waals surface area contributed by atoms with Crippen molar-refractivity contribution in [1.29, 1.82) is 0 Å². The first-order valence-corrected chi connectivity index (χ1v) is 6.06. The van der Waals surface area contributed by atoms with E-state index >= 15 is 0 Å². The summed E-state index contributed by atoms with van der Waals surface area (Å²) in [4.78, 5) is 35.2. The number of nitrogens with zero attached hydrogens (tertiary/aromatic N) is 1. The number of aliphatic hydroxyl groups is 1. The largest absolute Gasteiger partial charge is 0.391 e. The zero-order chi connectivity index (χ0) is 13.1. The quantitative estimate of drug-likeness (QED) is 0.493. The van der Waals surface area contributed by atoms with Gasteiger partial charge in [-0.2, -0.15) is 0 Å². The fourth-order valence-corrected chi connectivity index (χ4v) is 2.09. The smallest absolute Gasteiger partial charge is 0.243 e. The van der Waals surface area contributed by atoms with Crippen molar-refractivity contribution in [2.45, 2.75) is 37.5 Å². The molecule has 100 valence electrons. The molecular formula is C11H17N3O4. The maximum Gasteiger partial charge on any atom is 0.243 e. The van der Waals surface area contributed by atoms with Gasteiger partial charge in [-0.05, 0) is 12.8 Å². The molecule has 3 N–H and O–H groups in total. The van der Waals surface area contributed by atoms with Crippen LogP contribution in [-0.4, -0.2) is 59.5 Å². The molecule has 2 fully saturated rings. The lowest BCUT2D eigenvalue weighted by atomic mass is 10.2. The van der Waals surface area contributed by atoms with Crippen LogP contribution in [0, 0.1) is 0 Å². The minimum Gasteiger partial charge on any atom is -0.391 e. The lowest BCUT2D eigenvalue weighted by molar-refractivity contribution is -0.138. The molecule has 0 aromatic heterocycles. The highest BCUT2D eigenvalue weighted by molar-refractivity contribution is 5.89. The van der Waals surface area contributed by atoms with Crippen LogP contribution in [0.15, 0.2) is 0 Å². The van der Waals surface area contributed by atoms with E-state index in [2.05, 4.69) is 10.6 Å². The number of hydrogen-bond acceptors (Lipinski definition) is 4. The van der Waals surface area contributed by atoms with E-state index in [-0.39, 0.29) is 37.4 Å². The molecule has 1 saturated carbocycles. The number of likely N-dealkylation sites (tertiary alicyclic amines) is 1. The van der Waals surface area contributed by atoms with E-state index in [1.165, 1.54) is 4.90 Å². The normalized spacial score (nSPS) is 26.8. The molecule has 7 heteroatoms. The van der Waals surface area contributed by atoms with Gasteiger partial charge in [0.2, 0.25) is 18.2 Å². The molecule has 0 spiro atoms. The number of nitrogens with one attached hydrogen (secondary N) is 2. The average molecular weight is 255 g/mol. The fraction of sp³-hybridized carbons (Fsp3) is 0.727. The third kappa shape index (κ3) is 2.98. The summed E-state index contributed by atoms with van der Waals surface area (Å²) in [6, 6.07) is -0.401. The molecule has 2 atom stereocenters. The Kier molecular flexibility index (Phi) is 3.81. The summed E-state index contributed by atoms with van der Waals surface area (Å²) in [7, 11) is 0. The lowest BCUT2D eigenvalue weighted by Crippen LogP contribution is -2.48. The monoisotopic (exact) mass is 255 g/mol. The van der Waals surface area contributed by atoms with Crippen molar-refractivity contribution in [3.8, 4) is 0 Å². The van der Waals surface area contributed by atoms with Gasteiger partial charge in [-0.1, -0.05) is 0 Å². The second kappa shape index (κ2) is 5.34. The summed E-state index contributed by atoms with van der Waals surface area (Å²) in [5.74, 6) is -0.567. The Morgan fingerprint density at radius 2 is 2.11 bits per heavy atom. The van der Waals surface area contributed by atoms with Crippen molar-refractivity contribution < 1.29 is 19.5 Å². The van der Waals surface area contributed by atoms with Crippen LogP contribution in [0.25, 0.3) is 0 Å². The first-order valence-electron chi connectivity index (χ1n) is 6.06. The Hall–Kier alpha value is -1.63. The highest BCUT2D eigenvalue weighted by Gasteiger charge is 2.40. The average Bonchev–Trinajstić information content (AvgIpc) is 3.06. The molecule has 2 aliphatic rings. The zero-order valence-corrected chi connectivity index (χ0v) is 9.96. The molecule has 3 amide bonds. The fourth-order valence-electron chi connectivity index (χ4n) is 2.09. The number of aliphatic hydroxyl groups excluding tert-OH is 1. The molecule has 0 radical (unpaired) electrons. The van der Waals surface area contributed by atoms with Crippen molar-refractivity contribution in [3.05, 3.63) is 0 Å². The Labute approximate surface area is 105 Å². The summed E-state index contributed by atoms with van der Waals surface area (Å²) >= 11 is 0. The van der Waals surface area contributed by atoms with Gasteiger partial charge in [0.25, 0.3) is 0 Å². The van der Waals surface area contributed by atoms with E-state index in [0.717, 1.165) is 12.8 Å². The van der Waals surface area contributed by atoms with E-state index in [1.54, 1.807) is 0 Å². The topological polar surface area (TPSA) is 98.7 Å². The maximum absolute atomic E-state index is 11.9. The van der Waals surface area contributed by atoms with E-state index < -0.39 is 12.1 Å². The van der Waals surface area contributed by atoms with Crippen LogP contribution in [0.2, 0.25) is 0 Å². The molecule has 18 heavy (non-hydrogen) atoms. The second-order valence-corrected chi connectivity index (χ2v) is 4.73. The first kappa shape index (κ1) is 12.8. The molecule has 0 unspecified atom stereocenters. The van der Waals surface area contributed by atoms with Crippen LogP contribution in [0.5, 0.6) is 0 Å². The van der Waals surface area contributed by atoms with Gasteiger partial charge in [0, 0.05) is 19.0 Å². The molecule has 0 aromatic rings. The summed E-state index contributed by atoms with van der Waals surface area (Å²) < 4.78 is 0. The SMILES string of the molecule is O=CNCC(=O)N1C[C@@H](O)C[C@H]1C(=O)NC1CC1. The van der Waals surface area contributed by atoms with Gasteiger partial charge >= 0.3 is 0 Å². The molecular weight excluding hydrogens is 238 g/mol. The Morgan fingerprint density at radius 1 is 1.39 bits per heavy atom. The second-order valence-electron chi connectivity index (χ2n) is 4.73. The van der Waals surface area contributed by atoms with Crippen LogP contribution in [-0.2, 0) is 14.4 Å².